The summed E-state index contributed by atoms with van der Waals surface area (Å²) < 4.78 is 11.3. The Kier molecular flexibility index (Phi) is 4.15. The van der Waals surface area contributed by atoms with Gasteiger partial charge in [-0.05, 0) is 43.4 Å². The Morgan fingerprint density at radius 2 is 2.26 bits per heavy atom. The number of hydrogen-bond donors (Lipinski definition) is 1. The number of benzene rings is 1. The Balaban J connectivity index is 2.51. The van der Waals surface area contributed by atoms with Crippen LogP contribution in [0.5, 0.6) is 11.5 Å². The Bertz CT molecular complexity index is 491. The Morgan fingerprint density at radius 3 is 2.84 bits per heavy atom. The highest BCUT2D eigenvalue weighted by atomic mass is 16.5. The summed E-state index contributed by atoms with van der Waals surface area (Å²) in [7, 11) is 1.59. The molecular formula is C16H22O3. The summed E-state index contributed by atoms with van der Waals surface area (Å²) in [5.41, 5.74) is 4.47. The smallest absolute Gasteiger partial charge is 0.164 e. The third kappa shape index (κ3) is 2.61. The van der Waals surface area contributed by atoms with Gasteiger partial charge in [0.25, 0.3) is 0 Å². The van der Waals surface area contributed by atoms with E-state index in [9.17, 15) is 5.11 Å². The number of phenols is 1. The van der Waals surface area contributed by atoms with E-state index < -0.39 is 0 Å². The highest BCUT2D eigenvalue weighted by Crippen LogP contribution is 2.42. The lowest BCUT2D eigenvalue weighted by Crippen LogP contribution is -2.16. The number of methoxy groups -OCH3 is 1. The van der Waals surface area contributed by atoms with Crippen molar-refractivity contribution in [2.24, 2.45) is 0 Å². The van der Waals surface area contributed by atoms with Gasteiger partial charge in [-0.1, -0.05) is 19.1 Å². The van der Waals surface area contributed by atoms with Gasteiger partial charge in [-0.3, -0.25) is 0 Å². The molecule has 1 aromatic carbocycles. The summed E-state index contributed by atoms with van der Waals surface area (Å²) in [5.74, 6) is 0.776. The molecule has 3 nitrogen and oxygen atoms in total. The molecule has 0 bridgehead atoms. The largest absolute Gasteiger partial charge is 0.504 e. The zero-order valence-electron chi connectivity index (χ0n) is 12.0. The first-order chi connectivity index (χ1) is 9.08. The molecule has 0 amide bonds. The highest BCUT2D eigenvalue weighted by Gasteiger charge is 2.25. The van der Waals surface area contributed by atoms with Gasteiger partial charge >= 0.3 is 0 Å². The van der Waals surface area contributed by atoms with Crippen molar-refractivity contribution in [1.29, 1.82) is 0 Å². The van der Waals surface area contributed by atoms with Crippen molar-refractivity contribution < 1.29 is 14.6 Å². The van der Waals surface area contributed by atoms with E-state index in [1.807, 2.05) is 6.92 Å². The number of rotatable bonds is 3. The van der Waals surface area contributed by atoms with Gasteiger partial charge in [-0.25, -0.2) is 0 Å². The van der Waals surface area contributed by atoms with Gasteiger partial charge in [0.2, 0.25) is 0 Å². The maximum absolute atomic E-state index is 9.99. The van der Waals surface area contributed by atoms with Crippen molar-refractivity contribution in [3.8, 4) is 11.5 Å². The second kappa shape index (κ2) is 5.66. The molecule has 1 N–H and O–H groups in total. The van der Waals surface area contributed by atoms with Crippen LogP contribution in [-0.2, 0) is 11.2 Å². The maximum Gasteiger partial charge on any atom is 0.164 e. The monoisotopic (exact) mass is 262 g/mol. The van der Waals surface area contributed by atoms with E-state index in [0.29, 0.717) is 5.75 Å². The molecule has 0 radical (unpaired) electrons. The summed E-state index contributed by atoms with van der Waals surface area (Å²) in [6.45, 7) is 8.87. The molecule has 1 fully saturated rings. The Hall–Kier alpha value is -1.48. The van der Waals surface area contributed by atoms with Gasteiger partial charge in [-0.15, -0.1) is 0 Å². The van der Waals surface area contributed by atoms with Crippen molar-refractivity contribution in [2.75, 3.05) is 13.7 Å². The van der Waals surface area contributed by atoms with Crippen LogP contribution in [0.25, 0.3) is 0 Å². The predicted octanol–water partition coefficient (Wildman–Crippen LogP) is 3.68. The fourth-order valence-corrected chi connectivity index (χ4v) is 2.84. The van der Waals surface area contributed by atoms with Gasteiger partial charge < -0.3 is 14.6 Å². The van der Waals surface area contributed by atoms with Crippen LogP contribution >= 0.6 is 0 Å². The van der Waals surface area contributed by atoms with E-state index in [1.165, 1.54) is 5.57 Å². The maximum atomic E-state index is 9.99. The van der Waals surface area contributed by atoms with Gasteiger partial charge in [0.05, 0.1) is 19.8 Å². The average molecular weight is 262 g/mol. The molecule has 1 atom stereocenters. The number of hydrogen-bond acceptors (Lipinski definition) is 3. The lowest BCUT2D eigenvalue weighted by molar-refractivity contribution is 0.0341. The first-order valence-corrected chi connectivity index (χ1v) is 6.76. The lowest BCUT2D eigenvalue weighted by Gasteiger charge is -2.29. The zero-order chi connectivity index (χ0) is 14.0. The lowest BCUT2D eigenvalue weighted by atomic mass is 9.89. The molecule has 19 heavy (non-hydrogen) atoms. The van der Waals surface area contributed by atoms with Crippen LogP contribution in [0, 0.1) is 6.92 Å². The molecule has 1 aliphatic rings. The average Bonchev–Trinajstić information content (AvgIpc) is 2.37. The number of aromatic hydroxyl groups is 1. The predicted molar refractivity (Wildman–Crippen MR) is 75.8 cm³/mol. The van der Waals surface area contributed by atoms with Gasteiger partial charge in [0, 0.05) is 5.56 Å². The van der Waals surface area contributed by atoms with E-state index in [0.717, 1.165) is 42.6 Å². The van der Waals surface area contributed by atoms with Crippen molar-refractivity contribution in [1.82, 2.24) is 0 Å². The first kappa shape index (κ1) is 13.9. The molecule has 1 heterocycles. The minimum Gasteiger partial charge on any atom is -0.504 e. The normalized spacial score (nSPS) is 19.5. The fraction of sp³-hybridized carbons (Fsp3) is 0.500. The van der Waals surface area contributed by atoms with Crippen LogP contribution in [0.15, 0.2) is 18.2 Å². The highest BCUT2D eigenvalue weighted by molar-refractivity contribution is 5.54. The SMILES string of the molecule is C=C1CCOC(c2c(C)cc(O)c(OC)c2CC)C1. The number of aryl methyl sites for hydroxylation is 1. The summed E-state index contributed by atoms with van der Waals surface area (Å²) in [6.07, 6.45) is 2.62. The van der Waals surface area contributed by atoms with Crippen molar-refractivity contribution >= 4 is 0 Å². The summed E-state index contributed by atoms with van der Waals surface area (Å²) in [4.78, 5) is 0. The van der Waals surface area contributed by atoms with Crippen LogP contribution in [0.3, 0.4) is 0 Å². The molecule has 0 aromatic heterocycles. The van der Waals surface area contributed by atoms with Crippen molar-refractivity contribution in [3.05, 3.63) is 34.9 Å². The molecule has 0 spiro atoms. The van der Waals surface area contributed by atoms with E-state index in [4.69, 9.17) is 9.47 Å². The topological polar surface area (TPSA) is 38.7 Å². The third-order valence-electron chi connectivity index (χ3n) is 3.74. The summed E-state index contributed by atoms with van der Waals surface area (Å²) >= 11 is 0. The fourth-order valence-electron chi connectivity index (χ4n) is 2.84. The van der Waals surface area contributed by atoms with E-state index in [1.54, 1.807) is 13.2 Å². The van der Waals surface area contributed by atoms with Crippen LogP contribution < -0.4 is 4.74 Å². The van der Waals surface area contributed by atoms with Crippen molar-refractivity contribution in [3.63, 3.8) is 0 Å². The number of phenolic OH excluding ortho intramolecular Hbond substituents is 1. The minimum absolute atomic E-state index is 0.0331. The van der Waals surface area contributed by atoms with Crippen LogP contribution in [-0.4, -0.2) is 18.8 Å². The second-order valence-electron chi connectivity index (χ2n) is 5.06. The van der Waals surface area contributed by atoms with Crippen LogP contribution in [0.4, 0.5) is 0 Å². The Labute approximate surface area is 114 Å². The molecule has 2 rings (SSSR count). The summed E-state index contributed by atoms with van der Waals surface area (Å²) in [5, 5.41) is 9.99. The summed E-state index contributed by atoms with van der Waals surface area (Å²) in [6, 6.07) is 1.76. The standard InChI is InChI=1S/C16H22O3/c1-5-12-15(14-8-10(2)6-7-19-14)11(3)9-13(17)16(12)18-4/h9,14,17H,2,5-8H2,1,3-4H3. The molecular weight excluding hydrogens is 240 g/mol. The minimum atomic E-state index is 0.0331. The van der Waals surface area contributed by atoms with Crippen LogP contribution in [0.2, 0.25) is 0 Å². The van der Waals surface area contributed by atoms with Crippen molar-refractivity contribution in [2.45, 2.75) is 39.2 Å². The van der Waals surface area contributed by atoms with E-state index in [2.05, 4.69) is 13.5 Å². The molecule has 0 aliphatic carbocycles. The molecule has 104 valence electrons. The molecule has 1 unspecified atom stereocenters. The molecule has 1 aliphatic heterocycles. The second-order valence-corrected chi connectivity index (χ2v) is 5.06. The third-order valence-corrected chi connectivity index (χ3v) is 3.74. The zero-order valence-corrected chi connectivity index (χ0v) is 12.0. The van der Waals surface area contributed by atoms with Crippen LogP contribution in [0.1, 0.15) is 42.6 Å². The van der Waals surface area contributed by atoms with E-state index >= 15 is 0 Å². The number of ether oxygens (including phenoxy) is 2. The first-order valence-electron chi connectivity index (χ1n) is 6.76. The van der Waals surface area contributed by atoms with Gasteiger partial charge in [-0.2, -0.15) is 0 Å². The molecule has 1 saturated heterocycles. The molecule has 1 aromatic rings. The quantitative estimate of drug-likeness (QED) is 0.844. The van der Waals surface area contributed by atoms with Gasteiger partial charge in [0.15, 0.2) is 11.5 Å². The van der Waals surface area contributed by atoms with E-state index in [-0.39, 0.29) is 11.9 Å². The van der Waals surface area contributed by atoms with Gasteiger partial charge in [0.1, 0.15) is 0 Å². The molecule has 0 saturated carbocycles. The Morgan fingerprint density at radius 1 is 1.53 bits per heavy atom. The molecule has 3 heteroatoms.